The van der Waals surface area contributed by atoms with Gasteiger partial charge in [0.25, 0.3) is 0 Å². The highest BCUT2D eigenvalue weighted by atomic mass is 32.1. The first-order valence-electron chi connectivity index (χ1n) is 6.35. The molecule has 0 unspecified atom stereocenters. The van der Waals surface area contributed by atoms with E-state index in [1.165, 1.54) is 18.2 Å². The average molecular weight is 307 g/mol. The molecule has 0 saturated heterocycles. The first-order chi connectivity index (χ1) is 10.1. The topological polar surface area (TPSA) is 59.4 Å². The van der Waals surface area contributed by atoms with Crippen molar-refractivity contribution in [3.05, 3.63) is 51.7 Å². The van der Waals surface area contributed by atoms with Crippen molar-refractivity contribution in [2.75, 3.05) is 0 Å². The van der Waals surface area contributed by atoms with E-state index < -0.39 is 11.8 Å². The minimum Gasteiger partial charge on any atom is -0.484 e. The van der Waals surface area contributed by atoms with E-state index in [9.17, 15) is 9.18 Å². The first-order valence-corrected chi connectivity index (χ1v) is 7.23. The SMILES string of the molecule is CCc1nc(COc2ccc(/C=C/C(=O)O)cc2F)cs1. The van der Waals surface area contributed by atoms with Crippen molar-refractivity contribution < 1.29 is 19.0 Å². The number of nitrogens with zero attached hydrogens (tertiary/aromatic N) is 1. The molecule has 2 aromatic rings. The van der Waals surface area contributed by atoms with E-state index in [2.05, 4.69) is 4.98 Å². The number of rotatable bonds is 6. The van der Waals surface area contributed by atoms with E-state index >= 15 is 0 Å². The molecule has 0 fully saturated rings. The Balaban J connectivity index is 2.02. The molecular formula is C15H14FNO3S. The summed E-state index contributed by atoms with van der Waals surface area (Å²) >= 11 is 1.55. The number of hydrogen-bond acceptors (Lipinski definition) is 4. The van der Waals surface area contributed by atoms with Crippen LogP contribution in [0, 0.1) is 5.82 Å². The molecule has 1 aromatic carbocycles. The number of aryl methyl sites for hydroxylation is 1. The van der Waals surface area contributed by atoms with Gasteiger partial charge in [-0.05, 0) is 30.2 Å². The van der Waals surface area contributed by atoms with E-state index in [1.807, 2.05) is 12.3 Å². The van der Waals surface area contributed by atoms with Gasteiger partial charge in [-0.15, -0.1) is 11.3 Å². The Bertz CT molecular complexity index is 667. The Morgan fingerprint density at radius 1 is 1.52 bits per heavy atom. The molecule has 1 heterocycles. The van der Waals surface area contributed by atoms with Gasteiger partial charge < -0.3 is 9.84 Å². The van der Waals surface area contributed by atoms with Crippen LogP contribution < -0.4 is 4.74 Å². The van der Waals surface area contributed by atoms with Gasteiger partial charge in [0, 0.05) is 11.5 Å². The Morgan fingerprint density at radius 3 is 2.95 bits per heavy atom. The third kappa shape index (κ3) is 4.39. The molecule has 1 N–H and O–H groups in total. The molecule has 0 amide bonds. The number of aliphatic carboxylic acids is 1. The van der Waals surface area contributed by atoms with E-state index in [1.54, 1.807) is 17.4 Å². The van der Waals surface area contributed by atoms with Crippen molar-refractivity contribution >= 4 is 23.4 Å². The maximum atomic E-state index is 13.8. The number of benzene rings is 1. The smallest absolute Gasteiger partial charge is 0.328 e. The molecule has 0 spiro atoms. The molecule has 0 aliphatic heterocycles. The third-order valence-corrected chi connectivity index (χ3v) is 3.69. The number of thiazole rings is 1. The summed E-state index contributed by atoms with van der Waals surface area (Å²) in [5, 5.41) is 11.4. The summed E-state index contributed by atoms with van der Waals surface area (Å²) in [5.41, 5.74) is 1.23. The molecule has 4 nitrogen and oxygen atoms in total. The zero-order valence-electron chi connectivity index (χ0n) is 11.4. The molecule has 0 saturated carbocycles. The number of carboxylic acids is 1. The minimum atomic E-state index is -1.08. The quantitative estimate of drug-likeness (QED) is 0.830. The fourth-order valence-electron chi connectivity index (χ4n) is 1.63. The Morgan fingerprint density at radius 2 is 2.33 bits per heavy atom. The number of carbonyl (C=O) groups is 1. The summed E-state index contributed by atoms with van der Waals surface area (Å²) in [6.07, 6.45) is 3.14. The van der Waals surface area contributed by atoms with Gasteiger partial charge in [0.05, 0.1) is 10.7 Å². The maximum Gasteiger partial charge on any atom is 0.328 e. The van der Waals surface area contributed by atoms with E-state index in [-0.39, 0.29) is 12.4 Å². The zero-order valence-corrected chi connectivity index (χ0v) is 12.2. The van der Waals surface area contributed by atoms with Gasteiger partial charge in [-0.25, -0.2) is 14.2 Å². The average Bonchev–Trinajstić information content (AvgIpc) is 2.92. The van der Waals surface area contributed by atoms with E-state index in [0.29, 0.717) is 5.56 Å². The van der Waals surface area contributed by atoms with Gasteiger partial charge in [0.2, 0.25) is 0 Å². The summed E-state index contributed by atoms with van der Waals surface area (Å²) < 4.78 is 19.2. The van der Waals surface area contributed by atoms with Gasteiger partial charge >= 0.3 is 5.97 Å². The molecule has 1 aromatic heterocycles. The number of hydrogen-bond donors (Lipinski definition) is 1. The molecule has 6 heteroatoms. The van der Waals surface area contributed by atoms with Crippen LogP contribution in [0.1, 0.15) is 23.2 Å². The lowest BCUT2D eigenvalue weighted by Gasteiger charge is -2.06. The van der Waals surface area contributed by atoms with Crippen LogP contribution in [0.3, 0.4) is 0 Å². The predicted octanol–water partition coefficient (Wildman–Crippen LogP) is 3.52. The van der Waals surface area contributed by atoms with Crippen LogP contribution in [0.2, 0.25) is 0 Å². The van der Waals surface area contributed by atoms with Crippen LogP contribution in [0.25, 0.3) is 6.08 Å². The van der Waals surface area contributed by atoms with Gasteiger partial charge in [0.1, 0.15) is 6.61 Å². The maximum absolute atomic E-state index is 13.8. The lowest BCUT2D eigenvalue weighted by Crippen LogP contribution is -1.98. The molecular weight excluding hydrogens is 293 g/mol. The van der Waals surface area contributed by atoms with E-state index in [0.717, 1.165) is 23.2 Å². The van der Waals surface area contributed by atoms with Crippen LogP contribution >= 0.6 is 11.3 Å². The van der Waals surface area contributed by atoms with Gasteiger partial charge in [-0.3, -0.25) is 0 Å². The second-order valence-corrected chi connectivity index (χ2v) is 5.18. The predicted molar refractivity (Wildman–Crippen MR) is 78.9 cm³/mol. The molecule has 0 bridgehead atoms. The van der Waals surface area contributed by atoms with Crippen molar-refractivity contribution in [2.45, 2.75) is 20.0 Å². The van der Waals surface area contributed by atoms with Crippen LogP contribution in [0.15, 0.2) is 29.7 Å². The minimum absolute atomic E-state index is 0.119. The zero-order chi connectivity index (χ0) is 15.2. The standard InChI is InChI=1S/C15H14FNO3S/c1-2-14-17-11(9-21-14)8-20-13-5-3-10(7-12(13)16)4-6-15(18)19/h3-7,9H,2,8H2,1H3,(H,18,19)/b6-4+. The highest BCUT2D eigenvalue weighted by molar-refractivity contribution is 7.09. The lowest BCUT2D eigenvalue weighted by atomic mass is 10.2. The van der Waals surface area contributed by atoms with Gasteiger partial charge in [-0.2, -0.15) is 0 Å². The van der Waals surface area contributed by atoms with Crippen LogP contribution in [0.5, 0.6) is 5.75 Å². The second-order valence-electron chi connectivity index (χ2n) is 4.24. The fourth-order valence-corrected chi connectivity index (χ4v) is 2.36. The molecule has 110 valence electrons. The Kier molecular flexibility index (Phi) is 5.05. The van der Waals surface area contributed by atoms with Crippen molar-refractivity contribution in [1.82, 2.24) is 4.98 Å². The van der Waals surface area contributed by atoms with Crippen LogP contribution in [-0.2, 0) is 17.8 Å². The highest BCUT2D eigenvalue weighted by Crippen LogP contribution is 2.21. The largest absolute Gasteiger partial charge is 0.484 e. The van der Waals surface area contributed by atoms with Crippen molar-refractivity contribution in [3.63, 3.8) is 0 Å². The van der Waals surface area contributed by atoms with Crippen molar-refractivity contribution in [3.8, 4) is 5.75 Å². The van der Waals surface area contributed by atoms with Crippen molar-refractivity contribution in [1.29, 1.82) is 0 Å². The fraction of sp³-hybridized carbons (Fsp3) is 0.200. The molecule has 0 radical (unpaired) electrons. The molecule has 2 rings (SSSR count). The lowest BCUT2D eigenvalue weighted by molar-refractivity contribution is -0.131. The Hall–Kier alpha value is -2.21. The monoisotopic (exact) mass is 307 g/mol. The summed E-state index contributed by atoms with van der Waals surface area (Å²) in [7, 11) is 0. The number of halogens is 1. The molecule has 21 heavy (non-hydrogen) atoms. The number of ether oxygens (including phenoxy) is 1. The molecule has 0 atom stereocenters. The number of carboxylic acid groups (broad SMARTS) is 1. The Labute approximate surface area is 125 Å². The molecule has 0 aliphatic rings. The van der Waals surface area contributed by atoms with E-state index in [4.69, 9.17) is 9.84 Å². The first kappa shape index (κ1) is 15.2. The molecule has 0 aliphatic carbocycles. The number of aromatic nitrogens is 1. The summed E-state index contributed by atoms with van der Waals surface area (Å²) in [6.45, 7) is 2.23. The summed E-state index contributed by atoms with van der Waals surface area (Å²) in [6, 6.07) is 4.30. The summed E-state index contributed by atoms with van der Waals surface area (Å²) in [4.78, 5) is 14.7. The normalized spacial score (nSPS) is 11.0. The summed E-state index contributed by atoms with van der Waals surface area (Å²) in [5.74, 6) is -1.49. The van der Waals surface area contributed by atoms with Crippen LogP contribution in [0.4, 0.5) is 4.39 Å². The third-order valence-electron chi connectivity index (χ3n) is 2.65. The highest BCUT2D eigenvalue weighted by Gasteiger charge is 2.06. The second kappa shape index (κ2) is 6.99. The van der Waals surface area contributed by atoms with Gasteiger partial charge in [0.15, 0.2) is 11.6 Å². The van der Waals surface area contributed by atoms with Gasteiger partial charge in [-0.1, -0.05) is 13.0 Å². The van der Waals surface area contributed by atoms with Crippen molar-refractivity contribution in [2.24, 2.45) is 0 Å². The van der Waals surface area contributed by atoms with Crippen LogP contribution in [-0.4, -0.2) is 16.1 Å².